The second-order valence-electron chi connectivity index (χ2n) is 7.96. The minimum absolute atomic E-state index is 0.0812. The first-order valence-electron chi connectivity index (χ1n) is 10.5. The molecule has 0 saturated heterocycles. The summed E-state index contributed by atoms with van der Waals surface area (Å²) in [5.41, 5.74) is 4.59. The molecular weight excluding hydrogens is 416 g/mol. The van der Waals surface area contributed by atoms with E-state index in [0.29, 0.717) is 28.8 Å². The molecule has 2 heterocycles. The highest BCUT2D eigenvalue weighted by Crippen LogP contribution is 2.29. The molecule has 0 aliphatic heterocycles. The fourth-order valence-electron chi connectivity index (χ4n) is 4.21. The van der Waals surface area contributed by atoms with Crippen molar-refractivity contribution >= 4 is 17.5 Å². The topological polar surface area (TPSA) is 79.2 Å². The highest BCUT2D eigenvalue weighted by atomic mass is 16.4. The molecule has 0 saturated carbocycles. The quantitative estimate of drug-likeness (QED) is 0.430. The van der Waals surface area contributed by atoms with Crippen molar-refractivity contribution in [1.29, 1.82) is 0 Å². The van der Waals surface area contributed by atoms with Gasteiger partial charge in [0.1, 0.15) is 0 Å². The molecule has 33 heavy (non-hydrogen) atoms. The predicted molar refractivity (Wildman–Crippen MR) is 119 cm³/mol. The molecule has 6 heteroatoms. The molecule has 0 spiro atoms. The Morgan fingerprint density at radius 2 is 1.21 bits per heavy atom. The Morgan fingerprint density at radius 1 is 0.667 bits per heavy atom. The average molecular weight is 436 g/mol. The van der Waals surface area contributed by atoms with Crippen LogP contribution >= 0.6 is 0 Å². The number of carboxylic acid groups (broad SMARTS) is 1. The minimum atomic E-state index is -0.889. The first-order chi connectivity index (χ1) is 16.0. The number of benzene rings is 2. The molecule has 0 radical (unpaired) electrons. The van der Waals surface area contributed by atoms with Crippen LogP contribution in [0.3, 0.4) is 0 Å². The molecule has 0 bridgehead atoms. The standard InChI is InChI=1S/C27H19N2O4/c30-24(31)17-29-14-10-19(11-15-29)18-8-12-28(13-9-18)16-20-4-3-7-23-25(20)27(33)22-6-2-1-5-21(22)26(23)32/h1-15H,16-17H2/q+1/p+1. The fourth-order valence-corrected chi connectivity index (χ4v) is 4.21. The number of hydrogen-bond donors (Lipinski definition) is 1. The predicted octanol–water partition coefficient (Wildman–Crippen LogP) is 2.84. The van der Waals surface area contributed by atoms with Crippen molar-refractivity contribution in [3.8, 4) is 11.1 Å². The van der Waals surface area contributed by atoms with Crippen LogP contribution in [0.2, 0.25) is 0 Å². The maximum absolute atomic E-state index is 13.2. The third-order valence-electron chi connectivity index (χ3n) is 5.83. The molecule has 1 aliphatic carbocycles. The number of carboxylic acids is 1. The Bertz CT molecular complexity index is 1410. The van der Waals surface area contributed by atoms with Gasteiger partial charge in [0.15, 0.2) is 42.9 Å². The summed E-state index contributed by atoms with van der Waals surface area (Å²) in [5, 5.41) is 8.89. The van der Waals surface area contributed by atoms with Crippen LogP contribution in [0.15, 0.2) is 91.5 Å². The van der Waals surface area contributed by atoms with Crippen LogP contribution in [0.25, 0.3) is 11.1 Å². The summed E-state index contributed by atoms with van der Waals surface area (Å²) in [5.74, 6) is -1.13. The molecule has 160 valence electrons. The number of ketones is 2. The Morgan fingerprint density at radius 3 is 1.82 bits per heavy atom. The van der Waals surface area contributed by atoms with Gasteiger partial charge in [0, 0.05) is 52.1 Å². The summed E-state index contributed by atoms with van der Waals surface area (Å²) in [6, 6.07) is 20.1. The number of fused-ring (bicyclic) bond motifs is 2. The SMILES string of the molecule is O=C(O)C[n+]1ccc(-c2cc[n+](Cc3cccc4c3C(=O)c3ccccc3C4=O)cc2)cc1. The van der Waals surface area contributed by atoms with Gasteiger partial charge in [-0.3, -0.25) is 9.59 Å². The first kappa shape index (κ1) is 20.5. The third kappa shape index (κ3) is 3.83. The van der Waals surface area contributed by atoms with E-state index in [0.717, 1.165) is 16.7 Å². The number of pyridine rings is 2. The van der Waals surface area contributed by atoms with E-state index in [-0.39, 0.29) is 18.1 Å². The van der Waals surface area contributed by atoms with Gasteiger partial charge in [-0.2, -0.15) is 4.57 Å². The molecule has 1 N–H and O–H groups in total. The number of rotatable bonds is 5. The van der Waals surface area contributed by atoms with Gasteiger partial charge >= 0.3 is 5.97 Å². The van der Waals surface area contributed by atoms with E-state index in [1.807, 2.05) is 53.4 Å². The van der Waals surface area contributed by atoms with Crippen molar-refractivity contribution in [3.63, 3.8) is 0 Å². The monoisotopic (exact) mass is 436 g/mol. The maximum atomic E-state index is 13.2. The van der Waals surface area contributed by atoms with Crippen molar-refractivity contribution < 1.29 is 28.6 Å². The molecule has 0 atom stereocenters. The number of aliphatic carboxylic acids is 1. The lowest BCUT2D eigenvalue weighted by atomic mass is 9.82. The summed E-state index contributed by atoms with van der Waals surface area (Å²) in [6.07, 6.45) is 7.33. The van der Waals surface area contributed by atoms with E-state index in [1.165, 1.54) is 0 Å². The Kier molecular flexibility index (Phi) is 5.11. The number of carbonyl (C=O) groups excluding carboxylic acids is 2. The minimum Gasteiger partial charge on any atom is -0.477 e. The zero-order chi connectivity index (χ0) is 22.9. The molecule has 2 aromatic heterocycles. The van der Waals surface area contributed by atoms with E-state index in [1.54, 1.807) is 47.3 Å². The highest BCUT2D eigenvalue weighted by Gasteiger charge is 2.31. The van der Waals surface area contributed by atoms with Crippen molar-refractivity contribution in [2.24, 2.45) is 0 Å². The van der Waals surface area contributed by atoms with Crippen molar-refractivity contribution in [3.05, 3.63) is 119 Å². The summed E-state index contributed by atoms with van der Waals surface area (Å²) >= 11 is 0. The van der Waals surface area contributed by atoms with Crippen LogP contribution in [0, 0.1) is 0 Å². The highest BCUT2D eigenvalue weighted by molar-refractivity contribution is 6.28. The number of hydrogen-bond acceptors (Lipinski definition) is 3. The molecule has 6 nitrogen and oxygen atoms in total. The van der Waals surface area contributed by atoms with E-state index in [9.17, 15) is 14.4 Å². The zero-order valence-electron chi connectivity index (χ0n) is 17.6. The zero-order valence-corrected chi connectivity index (χ0v) is 17.6. The summed E-state index contributed by atoms with van der Waals surface area (Å²) in [7, 11) is 0. The molecule has 5 rings (SSSR count). The van der Waals surface area contributed by atoms with Crippen LogP contribution in [0.1, 0.15) is 37.4 Å². The Hall–Kier alpha value is -4.45. The van der Waals surface area contributed by atoms with Crippen LogP contribution in [-0.2, 0) is 17.9 Å². The molecule has 0 amide bonds. The third-order valence-corrected chi connectivity index (χ3v) is 5.83. The van der Waals surface area contributed by atoms with E-state index < -0.39 is 5.97 Å². The second-order valence-corrected chi connectivity index (χ2v) is 7.96. The molecule has 0 unspecified atom stereocenters. The summed E-state index contributed by atoms with van der Waals surface area (Å²) < 4.78 is 3.56. The fraction of sp³-hybridized carbons (Fsp3) is 0.0741. The molecule has 1 aliphatic rings. The van der Waals surface area contributed by atoms with Crippen LogP contribution in [0.4, 0.5) is 0 Å². The van der Waals surface area contributed by atoms with Gasteiger partial charge in [-0.25, -0.2) is 9.36 Å². The van der Waals surface area contributed by atoms with Gasteiger partial charge in [-0.05, 0) is 11.1 Å². The van der Waals surface area contributed by atoms with Crippen molar-refractivity contribution in [2.75, 3.05) is 0 Å². The Labute approximate surface area is 190 Å². The van der Waals surface area contributed by atoms with Crippen LogP contribution in [0.5, 0.6) is 0 Å². The Balaban J connectivity index is 1.41. The van der Waals surface area contributed by atoms with Gasteiger partial charge in [-0.1, -0.05) is 42.5 Å². The van der Waals surface area contributed by atoms with Crippen LogP contribution < -0.4 is 9.13 Å². The van der Waals surface area contributed by atoms with Crippen molar-refractivity contribution in [2.45, 2.75) is 13.1 Å². The average Bonchev–Trinajstić information content (AvgIpc) is 2.83. The maximum Gasteiger partial charge on any atom is 0.370 e. The van der Waals surface area contributed by atoms with Gasteiger partial charge in [0.2, 0.25) is 6.54 Å². The van der Waals surface area contributed by atoms with Gasteiger partial charge < -0.3 is 5.11 Å². The van der Waals surface area contributed by atoms with Gasteiger partial charge in [0.25, 0.3) is 0 Å². The lowest BCUT2D eigenvalue weighted by Gasteiger charge is -2.19. The molecule has 0 fully saturated rings. The van der Waals surface area contributed by atoms with Crippen LogP contribution in [-0.4, -0.2) is 22.6 Å². The van der Waals surface area contributed by atoms with Gasteiger partial charge in [-0.15, -0.1) is 0 Å². The summed E-state index contributed by atoms with van der Waals surface area (Å²) in [4.78, 5) is 37.0. The lowest BCUT2D eigenvalue weighted by Crippen LogP contribution is -2.36. The normalized spacial score (nSPS) is 12.2. The second kappa shape index (κ2) is 8.24. The number of carbonyl (C=O) groups is 3. The first-order valence-corrected chi connectivity index (χ1v) is 10.5. The summed E-state index contributed by atoms with van der Waals surface area (Å²) in [6.45, 7) is 0.375. The lowest BCUT2D eigenvalue weighted by molar-refractivity contribution is -0.688. The van der Waals surface area contributed by atoms with E-state index in [4.69, 9.17) is 5.11 Å². The van der Waals surface area contributed by atoms with Gasteiger partial charge in [0.05, 0.1) is 0 Å². The largest absolute Gasteiger partial charge is 0.477 e. The van der Waals surface area contributed by atoms with Crippen molar-refractivity contribution in [1.82, 2.24) is 0 Å². The molecule has 2 aromatic carbocycles. The smallest absolute Gasteiger partial charge is 0.370 e. The number of nitrogens with zero attached hydrogens (tertiary/aromatic N) is 2. The number of aromatic nitrogens is 2. The van der Waals surface area contributed by atoms with E-state index >= 15 is 0 Å². The van der Waals surface area contributed by atoms with E-state index in [2.05, 4.69) is 0 Å². The molecule has 4 aromatic rings. The molecular formula is C27H20N2O4+2.